The molecule has 0 aromatic carbocycles. The van der Waals surface area contributed by atoms with Gasteiger partial charge in [0.15, 0.2) is 11.2 Å². The second-order valence-electron chi connectivity index (χ2n) is 11.1. The molecule has 1 aliphatic carbocycles. The Bertz CT molecular complexity index is 1890. The van der Waals surface area contributed by atoms with Crippen molar-refractivity contribution in [2.75, 3.05) is 27.3 Å². The van der Waals surface area contributed by atoms with Gasteiger partial charge in [-0.2, -0.15) is 10.2 Å². The van der Waals surface area contributed by atoms with E-state index < -0.39 is 43.4 Å². The smallest absolute Gasteiger partial charge is 0.436 e. The number of aromatic nitrogens is 6. The third-order valence-corrected chi connectivity index (χ3v) is 11.1. The van der Waals surface area contributed by atoms with Crippen LogP contribution in [0.4, 0.5) is 5.95 Å². The van der Waals surface area contributed by atoms with Crippen LogP contribution in [0.15, 0.2) is 46.7 Å². The normalized spacial score (nSPS) is 31.7. The number of thiol groups is 1. The number of imidazole rings is 1. The molecule has 48 heavy (non-hydrogen) atoms. The van der Waals surface area contributed by atoms with Crippen LogP contribution >= 0.6 is 25.8 Å². The van der Waals surface area contributed by atoms with Gasteiger partial charge in [-0.1, -0.05) is 0 Å². The highest BCUT2D eigenvalue weighted by molar-refractivity contribution is 8.44. The summed E-state index contributed by atoms with van der Waals surface area (Å²) in [6.07, 6.45) is 4.81. The SMILES string of the molecule is CN(C)/C=N/c1nc2c(ncn2[C@@H]2O/C3=C/OP(=O)(S)O[C@H]4C[C@H](Oc5ccncn5)C[C@@H]4COP(=S)(OCCC#N)O[C@@H]2C3)c(=O)[nH]1. The third-order valence-electron chi connectivity index (χ3n) is 7.29. The molecule has 256 valence electrons. The van der Waals surface area contributed by atoms with Gasteiger partial charge in [-0.3, -0.25) is 23.4 Å². The molecule has 5 heterocycles. The fourth-order valence-electron chi connectivity index (χ4n) is 5.24. The minimum absolute atomic E-state index is 0.0252. The largest absolute Gasteiger partial charge is 0.474 e. The first-order chi connectivity index (χ1) is 23.0. The zero-order chi connectivity index (χ0) is 33.9. The lowest BCUT2D eigenvalue weighted by atomic mass is 10.1. The Morgan fingerprint density at radius 1 is 1.31 bits per heavy atom. The first-order valence-electron chi connectivity index (χ1n) is 14.6. The van der Waals surface area contributed by atoms with Gasteiger partial charge in [0.05, 0.1) is 38.1 Å². The Hall–Kier alpha value is -3.40. The number of aliphatic imine (C=N–C) groups is 1. The number of aromatic amines is 1. The first-order valence-corrected chi connectivity index (χ1v) is 19.9. The zero-order valence-corrected chi connectivity index (χ0v) is 29.1. The van der Waals surface area contributed by atoms with Crippen molar-refractivity contribution in [2.24, 2.45) is 10.9 Å². The van der Waals surface area contributed by atoms with E-state index in [2.05, 4.69) is 42.2 Å². The molecule has 2 aliphatic heterocycles. The highest BCUT2D eigenvalue weighted by atomic mass is 32.7. The van der Waals surface area contributed by atoms with E-state index in [1.807, 2.05) is 6.07 Å². The molecule has 18 nitrogen and oxygen atoms in total. The highest BCUT2D eigenvalue weighted by Crippen LogP contribution is 2.59. The van der Waals surface area contributed by atoms with E-state index in [1.54, 1.807) is 31.3 Å². The molecule has 1 saturated heterocycles. The van der Waals surface area contributed by atoms with Gasteiger partial charge in [0.2, 0.25) is 18.1 Å². The topological polar surface area (TPSA) is 210 Å². The molecule has 2 bridgehead atoms. The highest BCUT2D eigenvalue weighted by Gasteiger charge is 2.45. The number of rotatable bonds is 8. The summed E-state index contributed by atoms with van der Waals surface area (Å²) in [7, 11) is 3.54. The lowest BCUT2D eigenvalue weighted by molar-refractivity contribution is 0.00337. The van der Waals surface area contributed by atoms with Crippen molar-refractivity contribution in [3.8, 4) is 11.9 Å². The van der Waals surface area contributed by atoms with Crippen LogP contribution in [-0.2, 0) is 43.7 Å². The Morgan fingerprint density at radius 3 is 2.94 bits per heavy atom. The molecule has 22 heteroatoms. The summed E-state index contributed by atoms with van der Waals surface area (Å²) in [4.78, 5) is 38.0. The minimum atomic E-state index is -3.99. The Morgan fingerprint density at radius 2 is 2.17 bits per heavy atom. The molecule has 3 aliphatic rings. The lowest BCUT2D eigenvalue weighted by Gasteiger charge is -2.29. The molecule has 1 saturated carbocycles. The summed E-state index contributed by atoms with van der Waals surface area (Å²) in [6.45, 7) is -7.65. The van der Waals surface area contributed by atoms with Gasteiger partial charge in [-0.15, -0.1) is 0 Å². The maximum Gasteiger partial charge on any atom is 0.436 e. The van der Waals surface area contributed by atoms with Crippen molar-refractivity contribution in [2.45, 2.75) is 50.2 Å². The fourth-order valence-corrected chi connectivity index (χ4v) is 8.78. The van der Waals surface area contributed by atoms with Crippen LogP contribution in [0, 0.1) is 17.2 Å². The standard InChI is InChI=1S/C26H31N9O9P2S2/c1-34(2)14-31-26-32-23-22(24(36)33-26)30-15-35(23)25-20-10-18(42-25)12-39-45(37,47)43-19-9-17(41-21-4-6-28-13-29-21)8-16(19)11-40-46(48,44-20)38-7-3-5-27/h4,6,12-17,19-20,25H,3,7-11H2,1-2H3,(H,37,47)(H,32,33,36)/b18-12+,31-14+/t16-,17-,19+,20-,25-,45?,46?/m1/s1. The number of nitriles is 1. The Balaban J connectivity index is 1.32. The van der Waals surface area contributed by atoms with E-state index in [1.165, 1.54) is 23.6 Å². The van der Waals surface area contributed by atoms with Gasteiger partial charge in [0, 0.05) is 45.1 Å². The van der Waals surface area contributed by atoms with Crippen molar-refractivity contribution in [1.29, 1.82) is 5.26 Å². The second-order valence-corrected chi connectivity index (χ2v) is 16.9. The number of hydrogen-bond donors (Lipinski definition) is 2. The van der Waals surface area contributed by atoms with E-state index >= 15 is 0 Å². The number of fused-ring (bicyclic) bond motifs is 4. The van der Waals surface area contributed by atoms with E-state index in [-0.39, 0.29) is 55.0 Å². The molecule has 0 radical (unpaired) electrons. The van der Waals surface area contributed by atoms with Gasteiger partial charge in [-0.25, -0.2) is 24.5 Å². The van der Waals surface area contributed by atoms with Crippen LogP contribution in [0.25, 0.3) is 11.2 Å². The molecule has 7 atom stereocenters. The molecule has 3 aromatic heterocycles. The van der Waals surface area contributed by atoms with Crippen molar-refractivity contribution in [3.05, 3.63) is 47.3 Å². The molecule has 2 unspecified atom stereocenters. The maximum atomic E-state index is 13.4. The Kier molecular flexibility index (Phi) is 10.5. The second kappa shape index (κ2) is 14.6. The van der Waals surface area contributed by atoms with Gasteiger partial charge in [-0.05, 0) is 30.5 Å². The molecular weight excluding hydrogens is 708 g/mol. The molecule has 1 N–H and O–H groups in total. The van der Waals surface area contributed by atoms with Gasteiger partial charge in [0.1, 0.15) is 36.9 Å². The lowest BCUT2D eigenvalue weighted by Crippen LogP contribution is -2.25. The van der Waals surface area contributed by atoms with Crippen LogP contribution in [0.2, 0.25) is 0 Å². The van der Waals surface area contributed by atoms with Gasteiger partial charge in [0.25, 0.3) is 5.56 Å². The molecular formula is C26H31N9O9P2S2. The van der Waals surface area contributed by atoms with Crippen LogP contribution in [0.5, 0.6) is 5.88 Å². The maximum absolute atomic E-state index is 13.4. The van der Waals surface area contributed by atoms with Gasteiger partial charge < -0.3 is 27.9 Å². The predicted molar refractivity (Wildman–Crippen MR) is 176 cm³/mol. The third kappa shape index (κ3) is 8.24. The number of nitrogens with one attached hydrogen (secondary N) is 1. The van der Waals surface area contributed by atoms with E-state index in [0.29, 0.717) is 18.7 Å². The quantitative estimate of drug-likeness (QED) is 0.111. The van der Waals surface area contributed by atoms with E-state index in [9.17, 15) is 9.36 Å². The van der Waals surface area contributed by atoms with Crippen molar-refractivity contribution in [3.63, 3.8) is 0 Å². The Labute approximate surface area is 284 Å². The van der Waals surface area contributed by atoms with Crippen molar-refractivity contribution < 1.29 is 36.7 Å². The molecule has 0 amide bonds. The summed E-state index contributed by atoms with van der Waals surface area (Å²) in [5.74, 6) is 0.215. The van der Waals surface area contributed by atoms with Crippen LogP contribution in [0.3, 0.4) is 0 Å². The summed E-state index contributed by atoms with van der Waals surface area (Å²) in [5, 5.41) is 9.16. The molecule has 3 aromatic rings. The average Bonchev–Trinajstić information content (AvgIpc) is 3.75. The fraction of sp³-hybridized carbons (Fsp3) is 0.500. The summed E-state index contributed by atoms with van der Waals surface area (Å²) >= 11 is 10.1. The number of H-pyrrole nitrogens is 1. The summed E-state index contributed by atoms with van der Waals surface area (Å²) in [6, 6.07) is 3.65. The predicted octanol–water partition coefficient (Wildman–Crippen LogP) is 3.76. The first kappa shape index (κ1) is 34.5. The van der Waals surface area contributed by atoms with Crippen molar-refractivity contribution >= 4 is 61.0 Å². The van der Waals surface area contributed by atoms with Crippen LogP contribution < -0.4 is 10.3 Å². The number of nitrogens with zero attached hydrogens (tertiary/aromatic N) is 8. The molecule has 2 fully saturated rings. The summed E-state index contributed by atoms with van der Waals surface area (Å²) < 4.78 is 57.2. The van der Waals surface area contributed by atoms with Crippen molar-refractivity contribution in [1.82, 2.24) is 34.4 Å². The minimum Gasteiger partial charge on any atom is -0.474 e. The van der Waals surface area contributed by atoms with Gasteiger partial charge >= 0.3 is 13.5 Å². The monoisotopic (exact) mass is 739 g/mol. The average molecular weight is 740 g/mol. The van der Waals surface area contributed by atoms with E-state index in [0.717, 1.165) is 6.26 Å². The molecule has 6 rings (SSSR count). The van der Waals surface area contributed by atoms with E-state index in [4.69, 9.17) is 49.2 Å². The van der Waals surface area contributed by atoms with Crippen LogP contribution in [0.1, 0.15) is 31.9 Å². The number of hydrogen-bond acceptors (Lipinski definition) is 16. The molecule has 0 spiro atoms. The number of ether oxygens (including phenoxy) is 2. The van der Waals surface area contributed by atoms with Crippen LogP contribution in [-0.4, -0.2) is 86.3 Å². The zero-order valence-electron chi connectivity index (χ0n) is 25.6. The summed E-state index contributed by atoms with van der Waals surface area (Å²) in [5.41, 5.74) is -0.335.